The molecule has 1 saturated carbocycles. The summed E-state index contributed by atoms with van der Waals surface area (Å²) in [5.41, 5.74) is 0.755. The Kier molecular flexibility index (Phi) is 9.30. The molecule has 7 nitrogen and oxygen atoms in total. The van der Waals surface area contributed by atoms with E-state index in [1.807, 2.05) is 44.2 Å². The van der Waals surface area contributed by atoms with Crippen LogP contribution in [0.4, 0.5) is 0 Å². The Balaban J connectivity index is 2.31. The molecule has 1 N–H and O–H groups in total. The van der Waals surface area contributed by atoms with Gasteiger partial charge in [0.1, 0.15) is 12.3 Å². The minimum atomic E-state index is -0.924. The number of nitrogens with zero attached hydrogens (tertiary/aromatic N) is 2. The van der Waals surface area contributed by atoms with Crippen LogP contribution in [0.3, 0.4) is 0 Å². The van der Waals surface area contributed by atoms with Crippen molar-refractivity contribution in [2.24, 2.45) is 5.92 Å². The summed E-state index contributed by atoms with van der Waals surface area (Å²) in [6.07, 6.45) is 4.00. The van der Waals surface area contributed by atoms with Crippen molar-refractivity contribution in [3.05, 3.63) is 35.9 Å². The van der Waals surface area contributed by atoms with Gasteiger partial charge in [0.2, 0.25) is 12.3 Å². The van der Waals surface area contributed by atoms with Gasteiger partial charge >= 0.3 is 5.97 Å². The number of ether oxygens (including phenoxy) is 1. The number of hydrogen-bond donors (Lipinski definition) is 1. The van der Waals surface area contributed by atoms with Crippen molar-refractivity contribution >= 4 is 18.3 Å². The largest absolute Gasteiger partial charge is 0.462 e. The van der Waals surface area contributed by atoms with Gasteiger partial charge in [0, 0.05) is 6.42 Å². The summed E-state index contributed by atoms with van der Waals surface area (Å²) in [4.78, 5) is 38.5. The number of carbonyl (C=O) groups is 3. The highest BCUT2D eigenvalue weighted by Gasteiger charge is 2.34. The van der Waals surface area contributed by atoms with Crippen LogP contribution in [-0.2, 0) is 19.1 Å². The molecule has 1 unspecified atom stereocenters. The zero-order valence-electron chi connectivity index (χ0n) is 18.2. The molecule has 1 fully saturated rings. The highest BCUT2D eigenvalue weighted by atomic mass is 16.5. The maximum atomic E-state index is 13.2. The Morgan fingerprint density at radius 2 is 1.80 bits per heavy atom. The number of rotatable bonds is 11. The van der Waals surface area contributed by atoms with E-state index in [-0.39, 0.29) is 37.2 Å². The van der Waals surface area contributed by atoms with Crippen molar-refractivity contribution < 1.29 is 24.3 Å². The number of hydrogen-bond acceptors (Lipinski definition) is 5. The molecule has 0 radical (unpaired) electrons. The highest BCUT2D eigenvalue weighted by molar-refractivity contribution is 5.79. The van der Waals surface area contributed by atoms with Gasteiger partial charge in [0.05, 0.1) is 12.5 Å². The summed E-state index contributed by atoms with van der Waals surface area (Å²) in [6, 6.07) is 8.56. The predicted molar refractivity (Wildman–Crippen MR) is 112 cm³/mol. The lowest BCUT2D eigenvalue weighted by Gasteiger charge is -2.38. The summed E-state index contributed by atoms with van der Waals surface area (Å²) in [7, 11) is 0. The van der Waals surface area contributed by atoms with Crippen LogP contribution < -0.4 is 0 Å². The first-order chi connectivity index (χ1) is 14.3. The molecule has 2 rings (SSSR count). The van der Waals surface area contributed by atoms with Crippen molar-refractivity contribution in [2.45, 2.75) is 84.0 Å². The Morgan fingerprint density at radius 1 is 1.17 bits per heavy atom. The molecule has 0 aromatic heterocycles. The first-order valence-corrected chi connectivity index (χ1v) is 10.8. The monoisotopic (exact) mass is 418 g/mol. The minimum absolute atomic E-state index is 0.0367. The minimum Gasteiger partial charge on any atom is -0.462 e. The van der Waals surface area contributed by atoms with Crippen LogP contribution in [-0.4, -0.2) is 45.7 Å². The third-order valence-corrected chi connectivity index (χ3v) is 5.60. The fourth-order valence-corrected chi connectivity index (χ4v) is 3.85. The lowest BCUT2D eigenvalue weighted by Crippen LogP contribution is -2.50. The van der Waals surface area contributed by atoms with Crippen LogP contribution in [0.25, 0.3) is 0 Å². The second-order valence-electron chi connectivity index (χ2n) is 8.38. The number of carbonyl (C=O) groups excluding carboxylic acids is 3. The summed E-state index contributed by atoms with van der Waals surface area (Å²) in [5.74, 6) is -0.273. The summed E-state index contributed by atoms with van der Waals surface area (Å²) >= 11 is 0. The van der Waals surface area contributed by atoms with E-state index in [0.717, 1.165) is 31.2 Å². The lowest BCUT2D eigenvalue weighted by atomic mass is 9.99. The quantitative estimate of drug-likeness (QED) is 0.192. The first kappa shape index (κ1) is 23.9. The van der Waals surface area contributed by atoms with Gasteiger partial charge in [-0.2, -0.15) is 0 Å². The van der Waals surface area contributed by atoms with E-state index in [4.69, 9.17) is 4.74 Å². The zero-order chi connectivity index (χ0) is 22.1. The van der Waals surface area contributed by atoms with E-state index < -0.39 is 12.2 Å². The summed E-state index contributed by atoms with van der Waals surface area (Å²) < 4.78 is 5.64. The molecule has 0 bridgehead atoms. The molecule has 1 aromatic carbocycles. The SMILES string of the molecule is CC(C)CCC(=O)N(C(CC(=O)OC1CCCC1)c1ccccc1)[C@H](C)N(O)C=O. The van der Waals surface area contributed by atoms with Crippen molar-refractivity contribution in [2.75, 3.05) is 0 Å². The van der Waals surface area contributed by atoms with Gasteiger partial charge < -0.3 is 9.64 Å². The van der Waals surface area contributed by atoms with Crippen molar-refractivity contribution in [3.8, 4) is 0 Å². The molecule has 0 spiro atoms. The van der Waals surface area contributed by atoms with Gasteiger partial charge in [-0.25, -0.2) is 5.06 Å². The lowest BCUT2D eigenvalue weighted by molar-refractivity contribution is -0.185. The molecule has 2 atom stereocenters. The molecule has 2 amide bonds. The van der Waals surface area contributed by atoms with Crippen molar-refractivity contribution in [1.29, 1.82) is 0 Å². The van der Waals surface area contributed by atoms with Crippen LogP contribution in [0.15, 0.2) is 30.3 Å². The second-order valence-corrected chi connectivity index (χ2v) is 8.38. The molecule has 30 heavy (non-hydrogen) atoms. The fraction of sp³-hybridized carbons (Fsp3) is 0.609. The number of hydroxylamine groups is 2. The third kappa shape index (κ3) is 6.83. The van der Waals surface area contributed by atoms with Crippen LogP contribution in [0.5, 0.6) is 0 Å². The molecular formula is C23H34N2O5. The highest BCUT2D eigenvalue weighted by Crippen LogP contribution is 2.30. The van der Waals surface area contributed by atoms with Gasteiger partial charge in [-0.15, -0.1) is 0 Å². The van der Waals surface area contributed by atoms with Gasteiger partial charge in [-0.05, 0) is 50.5 Å². The van der Waals surface area contributed by atoms with Gasteiger partial charge in [0.25, 0.3) is 0 Å². The molecule has 1 aliphatic carbocycles. The van der Waals surface area contributed by atoms with Crippen molar-refractivity contribution in [1.82, 2.24) is 9.96 Å². The summed E-state index contributed by atoms with van der Waals surface area (Å²) in [6.45, 7) is 5.62. The molecule has 1 aliphatic rings. The average molecular weight is 419 g/mol. The molecule has 166 valence electrons. The Hall–Kier alpha value is -2.41. The smallest absolute Gasteiger partial charge is 0.308 e. The van der Waals surface area contributed by atoms with Crippen LogP contribution in [0.2, 0.25) is 0 Å². The van der Waals surface area contributed by atoms with Gasteiger partial charge in [-0.1, -0.05) is 44.2 Å². The summed E-state index contributed by atoms with van der Waals surface area (Å²) in [5, 5.41) is 10.5. The topological polar surface area (TPSA) is 87.2 Å². The third-order valence-electron chi connectivity index (χ3n) is 5.60. The maximum Gasteiger partial charge on any atom is 0.308 e. The molecule has 0 saturated heterocycles. The molecule has 0 heterocycles. The Morgan fingerprint density at radius 3 is 2.37 bits per heavy atom. The number of amides is 2. The van der Waals surface area contributed by atoms with Crippen molar-refractivity contribution in [3.63, 3.8) is 0 Å². The predicted octanol–water partition coefficient (Wildman–Crippen LogP) is 4.06. The standard InChI is InChI=1S/C23H34N2O5/c1-17(2)13-14-22(27)25(18(3)24(29)16-26)21(19-9-5-4-6-10-19)15-23(28)30-20-11-7-8-12-20/h4-6,9-10,16-18,20-21,29H,7-8,11-15H2,1-3H3/t18-,21?/m1/s1. The van der Waals surface area contributed by atoms with E-state index in [9.17, 15) is 19.6 Å². The van der Waals surface area contributed by atoms with Gasteiger partial charge in [0.15, 0.2) is 0 Å². The molecular weight excluding hydrogens is 384 g/mol. The molecule has 7 heteroatoms. The second kappa shape index (κ2) is 11.7. The van der Waals surface area contributed by atoms with Crippen LogP contribution >= 0.6 is 0 Å². The Labute approximate surface area is 178 Å². The Bertz CT molecular complexity index is 688. The van der Waals surface area contributed by atoms with E-state index in [1.165, 1.54) is 4.90 Å². The number of esters is 1. The average Bonchev–Trinajstić information content (AvgIpc) is 3.24. The molecule has 1 aromatic rings. The fourth-order valence-electron chi connectivity index (χ4n) is 3.85. The van der Waals surface area contributed by atoms with Gasteiger partial charge in [-0.3, -0.25) is 19.6 Å². The van der Waals surface area contributed by atoms with E-state index >= 15 is 0 Å². The van der Waals surface area contributed by atoms with Crippen LogP contribution in [0.1, 0.15) is 77.3 Å². The maximum absolute atomic E-state index is 13.2. The van der Waals surface area contributed by atoms with E-state index in [1.54, 1.807) is 6.92 Å². The normalized spacial score (nSPS) is 16.2. The zero-order valence-corrected chi connectivity index (χ0v) is 18.2. The first-order valence-electron chi connectivity index (χ1n) is 10.8. The van der Waals surface area contributed by atoms with Crippen LogP contribution in [0, 0.1) is 5.92 Å². The number of benzene rings is 1. The van der Waals surface area contributed by atoms with E-state index in [0.29, 0.717) is 17.4 Å². The molecule has 0 aliphatic heterocycles. The van der Waals surface area contributed by atoms with E-state index in [2.05, 4.69) is 0 Å².